The molecule has 7 heteroatoms. The van der Waals surface area contributed by atoms with E-state index in [0.29, 0.717) is 10.2 Å². The van der Waals surface area contributed by atoms with Crippen LogP contribution < -0.4 is 5.32 Å². The Morgan fingerprint density at radius 3 is 2.46 bits per heavy atom. The average molecular weight is 367 g/mol. The molecular formula is C17H16Cl2N2O3. The molecule has 0 fully saturated rings. The highest BCUT2D eigenvalue weighted by atomic mass is 35.5. The summed E-state index contributed by atoms with van der Waals surface area (Å²) in [6.07, 6.45) is 1.56. The number of nitrogens with one attached hydrogen (secondary N) is 1. The second kappa shape index (κ2) is 8.66. The lowest BCUT2D eigenvalue weighted by Crippen LogP contribution is -2.28. The van der Waals surface area contributed by atoms with Gasteiger partial charge in [-0.25, -0.2) is 4.98 Å². The molecule has 1 amide bonds. The van der Waals surface area contributed by atoms with Crippen molar-refractivity contribution in [1.82, 2.24) is 10.3 Å². The Balaban J connectivity index is 1.97. The van der Waals surface area contributed by atoms with Gasteiger partial charge in [0.05, 0.1) is 12.5 Å². The van der Waals surface area contributed by atoms with Crippen LogP contribution in [0.15, 0.2) is 42.6 Å². The van der Waals surface area contributed by atoms with E-state index >= 15 is 0 Å². The molecule has 2 aromatic rings. The number of hydrogen-bond donors (Lipinski definition) is 1. The number of amides is 1. The van der Waals surface area contributed by atoms with Crippen LogP contribution in [0.25, 0.3) is 0 Å². The van der Waals surface area contributed by atoms with Gasteiger partial charge in [-0.1, -0.05) is 41.4 Å². The first-order valence-corrected chi connectivity index (χ1v) is 7.98. The second-order valence-electron chi connectivity index (χ2n) is 5.16. The Bertz CT molecular complexity index is 703. The van der Waals surface area contributed by atoms with E-state index in [1.807, 2.05) is 0 Å². The summed E-state index contributed by atoms with van der Waals surface area (Å²) < 4.78 is 5.23. The zero-order valence-corrected chi connectivity index (χ0v) is 14.5. The van der Waals surface area contributed by atoms with Gasteiger partial charge in [-0.05, 0) is 23.8 Å². The topological polar surface area (TPSA) is 68.3 Å². The Hall–Kier alpha value is -2.11. The Labute approximate surface area is 149 Å². The molecule has 0 aliphatic carbocycles. The van der Waals surface area contributed by atoms with Gasteiger partial charge in [-0.15, -0.1) is 0 Å². The normalized spacial score (nSPS) is 11.6. The Kier molecular flexibility index (Phi) is 6.58. The number of hydrogen-bond acceptors (Lipinski definition) is 4. The summed E-state index contributed by atoms with van der Waals surface area (Å²) >= 11 is 11.6. The van der Waals surface area contributed by atoms with Crippen LogP contribution >= 0.6 is 23.2 Å². The molecule has 0 bridgehead atoms. The third kappa shape index (κ3) is 5.83. The van der Waals surface area contributed by atoms with Crippen LogP contribution in [0.4, 0.5) is 0 Å². The second-order valence-corrected chi connectivity index (χ2v) is 5.98. The van der Waals surface area contributed by atoms with Crippen LogP contribution in [0.2, 0.25) is 10.2 Å². The van der Waals surface area contributed by atoms with Gasteiger partial charge in [0.15, 0.2) is 0 Å². The molecule has 0 radical (unpaired) electrons. The first-order chi connectivity index (χ1) is 11.4. The van der Waals surface area contributed by atoms with Crippen LogP contribution in [0.1, 0.15) is 30.5 Å². The maximum Gasteiger partial charge on any atom is 0.308 e. The van der Waals surface area contributed by atoms with Gasteiger partial charge in [0.2, 0.25) is 5.91 Å². The molecule has 1 aromatic carbocycles. The minimum atomic E-state index is -0.476. The van der Waals surface area contributed by atoms with Crippen molar-refractivity contribution in [3.05, 3.63) is 63.9 Å². The summed E-state index contributed by atoms with van der Waals surface area (Å²) in [6.45, 7) is 1.49. The van der Waals surface area contributed by atoms with Crippen molar-refractivity contribution in [2.75, 3.05) is 0 Å². The number of esters is 1. The van der Waals surface area contributed by atoms with E-state index in [2.05, 4.69) is 10.3 Å². The Morgan fingerprint density at radius 2 is 1.88 bits per heavy atom. The fraction of sp³-hybridized carbons (Fsp3) is 0.235. The highest BCUT2D eigenvalue weighted by Gasteiger charge is 2.18. The predicted molar refractivity (Wildman–Crippen MR) is 91.7 cm³/mol. The molecule has 2 rings (SSSR count). The van der Waals surface area contributed by atoms with Gasteiger partial charge >= 0.3 is 5.97 Å². The van der Waals surface area contributed by atoms with Crippen molar-refractivity contribution in [3.63, 3.8) is 0 Å². The summed E-state index contributed by atoms with van der Waals surface area (Å²) in [5.74, 6) is -0.664. The maximum absolute atomic E-state index is 12.1. The molecule has 1 N–H and O–H groups in total. The van der Waals surface area contributed by atoms with Gasteiger partial charge in [0, 0.05) is 23.7 Å². The minimum absolute atomic E-state index is 0.0161. The van der Waals surface area contributed by atoms with Gasteiger partial charge in [0.1, 0.15) is 11.8 Å². The van der Waals surface area contributed by atoms with Crippen LogP contribution in [-0.4, -0.2) is 16.9 Å². The molecule has 0 saturated heterocycles. The van der Waals surface area contributed by atoms with Crippen molar-refractivity contribution < 1.29 is 14.3 Å². The van der Waals surface area contributed by atoms with Gasteiger partial charge in [-0.2, -0.15) is 0 Å². The van der Waals surface area contributed by atoms with Gasteiger partial charge in [-0.3, -0.25) is 9.59 Å². The number of nitrogens with zero attached hydrogens (tertiary/aromatic N) is 1. The number of ether oxygens (including phenoxy) is 1. The molecule has 0 saturated carbocycles. The largest absolute Gasteiger partial charge is 0.461 e. The highest BCUT2D eigenvalue weighted by molar-refractivity contribution is 6.30. The van der Waals surface area contributed by atoms with Crippen LogP contribution in [0, 0.1) is 0 Å². The summed E-state index contributed by atoms with van der Waals surface area (Å²) in [4.78, 5) is 27.4. The van der Waals surface area contributed by atoms with Crippen molar-refractivity contribution in [3.8, 4) is 0 Å². The van der Waals surface area contributed by atoms with Gasteiger partial charge < -0.3 is 10.1 Å². The first-order valence-electron chi connectivity index (χ1n) is 7.22. The van der Waals surface area contributed by atoms with Crippen molar-refractivity contribution in [1.29, 1.82) is 0 Å². The lowest BCUT2D eigenvalue weighted by atomic mass is 10.0. The number of benzene rings is 1. The lowest BCUT2D eigenvalue weighted by molar-refractivity contribution is -0.145. The van der Waals surface area contributed by atoms with E-state index in [0.717, 1.165) is 11.1 Å². The Morgan fingerprint density at radius 1 is 1.17 bits per heavy atom. The molecule has 5 nitrogen and oxygen atoms in total. The van der Waals surface area contributed by atoms with E-state index < -0.39 is 12.0 Å². The molecule has 1 unspecified atom stereocenters. The fourth-order valence-corrected chi connectivity index (χ4v) is 2.31. The van der Waals surface area contributed by atoms with Gasteiger partial charge in [0.25, 0.3) is 0 Å². The van der Waals surface area contributed by atoms with Crippen molar-refractivity contribution >= 4 is 35.1 Å². The van der Waals surface area contributed by atoms with Crippen LogP contribution in [-0.2, 0) is 20.9 Å². The molecule has 24 heavy (non-hydrogen) atoms. The van der Waals surface area contributed by atoms with Crippen molar-refractivity contribution in [2.45, 2.75) is 26.0 Å². The lowest BCUT2D eigenvalue weighted by Gasteiger charge is -2.17. The highest BCUT2D eigenvalue weighted by Crippen LogP contribution is 2.20. The monoisotopic (exact) mass is 366 g/mol. The standard InChI is InChI=1S/C17H16Cl2N2O3/c1-11(22)21-15(13-3-5-14(18)6-4-13)8-17(23)24-10-12-2-7-16(19)20-9-12/h2-7,9,15H,8,10H2,1H3,(H,21,22). The number of rotatable bonds is 6. The summed E-state index contributed by atoms with van der Waals surface area (Å²) in [5, 5.41) is 3.69. The quantitative estimate of drug-likeness (QED) is 0.625. The van der Waals surface area contributed by atoms with Crippen LogP contribution in [0.5, 0.6) is 0 Å². The predicted octanol–water partition coefficient (Wildman–Crippen LogP) is 3.70. The van der Waals surface area contributed by atoms with E-state index in [1.54, 1.807) is 42.6 Å². The third-order valence-corrected chi connectivity index (χ3v) is 3.68. The molecule has 1 heterocycles. The molecular weight excluding hydrogens is 351 g/mol. The third-order valence-electron chi connectivity index (χ3n) is 3.21. The van der Waals surface area contributed by atoms with E-state index in [9.17, 15) is 9.59 Å². The first kappa shape index (κ1) is 18.2. The minimum Gasteiger partial charge on any atom is -0.461 e. The maximum atomic E-state index is 12.1. The van der Waals surface area contributed by atoms with E-state index in [-0.39, 0.29) is 18.9 Å². The molecule has 126 valence electrons. The summed E-state index contributed by atoms with van der Waals surface area (Å²) in [6, 6.07) is 9.81. The molecule has 0 spiro atoms. The van der Waals surface area contributed by atoms with Crippen molar-refractivity contribution in [2.24, 2.45) is 0 Å². The smallest absolute Gasteiger partial charge is 0.308 e. The summed E-state index contributed by atoms with van der Waals surface area (Å²) in [7, 11) is 0. The zero-order valence-electron chi connectivity index (χ0n) is 13.0. The molecule has 1 atom stereocenters. The number of carbonyl (C=O) groups is 2. The molecule has 0 aliphatic heterocycles. The van der Waals surface area contributed by atoms with E-state index in [1.165, 1.54) is 6.92 Å². The number of aromatic nitrogens is 1. The van der Waals surface area contributed by atoms with E-state index in [4.69, 9.17) is 27.9 Å². The molecule has 1 aromatic heterocycles. The SMILES string of the molecule is CC(=O)NC(CC(=O)OCc1ccc(Cl)nc1)c1ccc(Cl)cc1. The summed E-state index contributed by atoms with van der Waals surface area (Å²) in [5.41, 5.74) is 1.51. The number of pyridine rings is 1. The molecule has 0 aliphatic rings. The average Bonchev–Trinajstić information content (AvgIpc) is 2.54. The zero-order chi connectivity index (χ0) is 17.5. The fourth-order valence-electron chi connectivity index (χ4n) is 2.07. The van der Waals surface area contributed by atoms with Crippen LogP contribution in [0.3, 0.4) is 0 Å². The number of halogens is 2. The number of carbonyl (C=O) groups excluding carboxylic acids is 2.